The Bertz CT molecular complexity index is 1100. The molecule has 0 saturated carbocycles. The zero-order valence-electron chi connectivity index (χ0n) is 20.4. The molecule has 0 aliphatic carbocycles. The number of amides is 2. The van der Waals surface area contributed by atoms with Crippen LogP contribution in [-0.2, 0) is 26.3 Å². The Morgan fingerprint density at radius 3 is 2.09 bits per heavy atom. The number of para-hydroxylation sites is 1. The average Bonchev–Trinajstić information content (AvgIpc) is 2.75. The second kappa shape index (κ2) is 11.0. The average molecular weight is 493 g/mol. The molecule has 0 aliphatic heterocycles. The van der Waals surface area contributed by atoms with Crippen molar-refractivity contribution in [3.63, 3.8) is 0 Å². The fraction of sp³-hybridized carbons (Fsp3) is 0.417. The van der Waals surface area contributed by atoms with E-state index in [1.807, 2.05) is 26.8 Å². The van der Waals surface area contributed by atoms with E-state index >= 15 is 0 Å². The molecule has 1 N–H and O–H groups in total. The summed E-state index contributed by atoms with van der Waals surface area (Å²) < 4.78 is 42.3. The Morgan fingerprint density at radius 1 is 1.00 bits per heavy atom. The molecule has 1 unspecified atom stereocenters. The lowest BCUT2D eigenvalue weighted by atomic mass is 10.1. The van der Waals surface area contributed by atoms with E-state index in [4.69, 9.17) is 0 Å². The van der Waals surface area contributed by atoms with E-state index in [9.17, 15) is 22.4 Å². The van der Waals surface area contributed by atoms with Crippen LogP contribution in [0.25, 0.3) is 0 Å². The van der Waals surface area contributed by atoms with Crippen LogP contribution in [0.3, 0.4) is 0 Å². The van der Waals surface area contributed by atoms with E-state index in [0.29, 0.717) is 0 Å². The molecule has 34 heavy (non-hydrogen) atoms. The van der Waals surface area contributed by atoms with Gasteiger partial charge in [-0.1, -0.05) is 42.5 Å². The van der Waals surface area contributed by atoms with E-state index in [0.717, 1.165) is 20.2 Å². The van der Waals surface area contributed by atoms with Crippen LogP contribution >= 0.6 is 0 Å². The second-order valence-corrected chi connectivity index (χ2v) is 11.2. The number of hydrogen-bond acceptors (Lipinski definition) is 4. The number of halogens is 1. The molecular formula is C24H33FN4O4S. The van der Waals surface area contributed by atoms with Gasteiger partial charge in [0, 0.05) is 26.2 Å². The third-order valence-electron chi connectivity index (χ3n) is 5.00. The maximum atomic E-state index is 14.6. The number of carbonyl (C=O) groups excluding carboxylic acids is 2. The highest BCUT2D eigenvalue weighted by atomic mass is 32.2. The largest absolute Gasteiger partial charge is 0.350 e. The number of hydrogen-bond donors (Lipinski definition) is 1. The van der Waals surface area contributed by atoms with Crippen molar-refractivity contribution in [3.8, 4) is 0 Å². The standard InChI is InChI=1S/C24H33FN4O4S/c1-18(23(31)26-24(2,3)4)28(16-19-12-8-7-9-13-19)22(30)17-29(34(32,33)27(5)6)21-15-11-10-14-20(21)25/h7-15,18H,16-17H2,1-6H3,(H,26,31). The van der Waals surface area contributed by atoms with Crippen LogP contribution in [0.15, 0.2) is 54.6 Å². The Hall–Kier alpha value is -2.98. The first kappa shape index (κ1) is 27.3. The fourth-order valence-corrected chi connectivity index (χ4v) is 4.26. The van der Waals surface area contributed by atoms with Crippen LogP contribution in [0, 0.1) is 5.82 Å². The Kier molecular flexibility index (Phi) is 8.79. The van der Waals surface area contributed by atoms with Crippen LogP contribution in [0.4, 0.5) is 10.1 Å². The van der Waals surface area contributed by atoms with Gasteiger partial charge in [0.15, 0.2) is 0 Å². The number of carbonyl (C=O) groups is 2. The summed E-state index contributed by atoms with van der Waals surface area (Å²) in [6.07, 6.45) is 0. The molecule has 0 saturated heterocycles. The lowest BCUT2D eigenvalue weighted by molar-refractivity contribution is -0.140. The van der Waals surface area contributed by atoms with Gasteiger partial charge in [0.1, 0.15) is 18.4 Å². The summed E-state index contributed by atoms with van der Waals surface area (Å²) in [5.41, 5.74) is -0.0181. The van der Waals surface area contributed by atoms with Gasteiger partial charge in [0.25, 0.3) is 0 Å². The van der Waals surface area contributed by atoms with Gasteiger partial charge in [-0.25, -0.2) is 8.70 Å². The van der Waals surface area contributed by atoms with Gasteiger partial charge in [-0.3, -0.25) is 9.59 Å². The zero-order chi connectivity index (χ0) is 25.7. The maximum absolute atomic E-state index is 14.6. The quantitative estimate of drug-likeness (QED) is 0.583. The van der Waals surface area contributed by atoms with Gasteiger partial charge < -0.3 is 10.2 Å². The molecule has 2 aromatic carbocycles. The summed E-state index contributed by atoms with van der Waals surface area (Å²) in [4.78, 5) is 27.7. The highest BCUT2D eigenvalue weighted by Gasteiger charge is 2.34. The summed E-state index contributed by atoms with van der Waals surface area (Å²) in [5.74, 6) is -1.81. The van der Waals surface area contributed by atoms with Crippen LogP contribution < -0.4 is 9.62 Å². The SMILES string of the molecule is CC(C(=O)NC(C)(C)C)N(Cc1ccccc1)C(=O)CN(c1ccccc1F)S(=O)(=O)N(C)C. The minimum atomic E-state index is -4.21. The predicted molar refractivity (Wildman–Crippen MR) is 131 cm³/mol. The van der Waals surface area contributed by atoms with Crippen LogP contribution in [-0.4, -0.2) is 61.7 Å². The van der Waals surface area contributed by atoms with Crippen LogP contribution in [0.2, 0.25) is 0 Å². The summed E-state index contributed by atoms with van der Waals surface area (Å²) in [7, 11) is -1.61. The molecule has 1 atom stereocenters. The van der Waals surface area contributed by atoms with E-state index in [2.05, 4.69) is 5.32 Å². The third-order valence-corrected chi connectivity index (χ3v) is 6.81. The van der Waals surface area contributed by atoms with E-state index in [1.165, 1.54) is 37.2 Å². The van der Waals surface area contributed by atoms with Gasteiger partial charge in [0.05, 0.1) is 5.69 Å². The first-order chi connectivity index (χ1) is 15.7. The second-order valence-electron chi connectivity index (χ2n) is 9.17. The van der Waals surface area contributed by atoms with Crippen molar-refractivity contribution in [2.75, 3.05) is 24.9 Å². The van der Waals surface area contributed by atoms with Crippen molar-refractivity contribution in [3.05, 3.63) is 66.0 Å². The van der Waals surface area contributed by atoms with Gasteiger partial charge in [0.2, 0.25) is 11.8 Å². The molecule has 2 aromatic rings. The molecule has 0 radical (unpaired) electrons. The molecule has 186 valence electrons. The van der Waals surface area contributed by atoms with Crippen molar-refractivity contribution in [1.29, 1.82) is 0 Å². The van der Waals surface area contributed by atoms with Gasteiger partial charge >= 0.3 is 10.2 Å². The lowest BCUT2D eigenvalue weighted by Crippen LogP contribution is -2.55. The highest BCUT2D eigenvalue weighted by Crippen LogP contribution is 2.24. The van der Waals surface area contributed by atoms with Crippen molar-refractivity contribution >= 4 is 27.7 Å². The molecule has 0 aliphatic rings. The van der Waals surface area contributed by atoms with Crippen molar-refractivity contribution in [2.45, 2.75) is 45.8 Å². The first-order valence-electron chi connectivity index (χ1n) is 10.8. The summed E-state index contributed by atoms with van der Waals surface area (Å²) in [5, 5.41) is 2.85. The van der Waals surface area contributed by atoms with Gasteiger partial charge in [-0.2, -0.15) is 12.7 Å². The zero-order valence-corrected chi connectivity index (χ0v) is 21.3. The number of nitrogens with one attached hydrogen (secondary N) is 1. The van der Waals surface area contributed by atoms with Crippen molar-refractivity contribution < 1.29 is 22.4 Å². The first-order valence-corrected chi connectivity index (χ1v) is 12.2. The molecule has 2 amide bonds. The number of nitrogens with zero attached hydrogens (tertiary/aromatic N) is 3. The summed E-state index contributed by atoms with van der Waals surface area (Å²) >= 11 is 0. The van der Waals surface area contributed by atoms with E-state index in [-0.39, 0.29) is 18.1 Å². The monoisotopic (exact) mass is 492 g/mol. The minimum Gasteiger partial charge on any atom is -0.350 e. The molecule has 0 spiro atoms. The van der Waals surface area contributed by atoms with E-state index < -0.39 is 40.1 Å². The Labute approximate surface area is 201 Å². The molecular weight excluding hydrogens is 459 g/mol. The lowest BCUT2D eigenvalue weighted by Gasteiger charge is -2.34. The minimum absolute atomic E-state index is 0.0749. The molecule has 8 nitrogen and oxygen atoms in total. The predicted octanol–water partition coefficient (Wildman–Crippen LogP) is 2.77. The Balaban J connectivity index is 2.46. The van der Waals surface area contributed by atoms with Crippen LogP contribution in [0.5, 0.6) is 0 Å². The van der Waals surface area contributed by atoms with Crippen molar-refractivity contribution in [1.82, 2.24) is 14.5 Å². The smallest absolute Gasteiger partial charge is 0.304 e. The molecule has 0 heterocycles. The fourth-order valence-electron chi connectivity index (χ4n) is 3.19. The third kappa shape index (κ3) is 7.01. The number of rotatable bonds is 9. The molecule has 0 fully saturated rings. The summed E-state index contributed by atoms with van der Waals surface area (Å²) in [6.45, 7) is 6.45. The van der Waals surface area contributed by atoms with E-state index in [1.54, 1.807) is 31.2 Å². The number of anilines is 1. The molecule has 0 bridgehead atoms. The molecule has 10 heteroatoms. The molecule has 2 rings (SSSR count). The topological polar surface area (TPSA) is 90.0 Å². The van der Waals surface area contributed by atoms with Gasteiger partial charge in [-0.05, 0) is 45.4 Å². The maximum Gasteiger partial charge on any atom is 0.304 e. The van der Waals surface area contributed by atoms with Crippen molar-refractivity contribution in [2.24, 2.45) is 0 Å². The van der Waals surface area contributed by atoms with Gasteiger partial charge in [-0.15, -0.1) is 0 Å². The normalized spacial score (nSPS) is 12.8. The summed E-state index contributed by atoms with van der Waals surface area (Å²) in [6, 6.07) is 13.5. The Morgan fingerprint density at radius 2 is 1.56 bits per heavy atom. The molecule has 0 aromatic heterocycles. The number of benzene rings is 2. The highest BCUT2D eigenvalue weighted by molar-refractivity contribution is 7.90. The van der Waals surface area contributed by atoms with Crippen LogP contribution in [0.1, 0.15) is 33.3 Å².